The fourth-order valence-corrected chi connectivity index (χ4v) is 8.78. The summed E-state index contributed by atoms with van der Waals surface area (Å²) < 4.78 is 49.4. The molecule has 2 amide bonds. The lowest BCUT2D eigenvalue weighted by Gasteiger charge is -2.15. The number of carbonyl (C=O) groups is 2. The van der Waals surface area contributed by atoms with E-state index in [1.54, 1.807) is 30.3 Å². The molecular weight excluding hydrogens is 1210 g/mol. The summed E-state index contributed by atoms with van der Waals surface area (Å²) in [5.41, 5.74) is 7.96. The van der Waals surface area contributed by atoms with Crippen molar-refractivity contribution in [3.8, 4) is 0 Å². The molecule has 0 saturated heterocycles. The van der Waals surface area contributed by atoms with Crippen molar-refractivity contribution in [2.45, 2.75) is 36.7 Å². The van der Waals surface area contributed by atoms with E-state index in [-0.39, 0.29) is 34.7 Å². The standard InChI is InChI=1S/C21H19BrIN3O3S.C21H19I2N3O3S/c1-13-10-16(23)5-9-19(13)26-20-8-4-15(22)11-18(20)21(27)25-12-14-2-6-17(7-3-14)30(24,28)29;1-13-10-15(22)4-8-19(13)26-20-9-5-16(23)11-18(20)21(27)25-12-14-2-6-17(7-3-14)30(24,28)29/h2*2-11,26H,12H2,1H3,(H,25,27)(H2,24,28,29). The quantitative estimate of drug-likeness (QED) is 0.0651. The van der Waals surface area contributed by atoms with Gasteiger partial charge in [-0.2, -0.15) is 0 Å². The predicted octanol–water partition coefficient (Wildman–Crippen LogP) is 9.21. The van der Waals surface area contributed by atoms with Crippen molar-refractivity contribution in [3.05, 3.63) is 170 Å². The Labute approximate surface area is 398 Å². The van der Waals surface area contributed by atoms with Crippen LogP contribution in [-0.4, -0.2) is 28.6 Å². The van der Waals surface area contributed by atoms with Crippen LogP contribution in [0.1, 0.15) is 43.0 Å². The van der Waals surface area contributed by atoms with Gasteiger partial charge < -0.3 is 21.3 Å². The van der Waals surface area contributed by atoms with Gasteiger partial charge >= 0.3 is 0 Å². The first-order chi connectivity index (χ1) is 28.3. The lowest BCUT2D eigenvalue weighted by atomic mass is 10.1. The second-order valence-corrected chi connectivity index (χ2v) is 21.1. The molecule has 6 aromatic rings. The number of anilines is 4. The number of hydrogen-bond donors (Lipinski definition) is 6. The van der Waals surface area contributed by atoms with Crippen molar-refractivity contribution in [3.63, 3.8) is 0 Å². The molecule has 0 bridgehead atoms. The maximum Gasteiger partial charge on any atom is 0.253 e. The molecule has 0 fully saturated rings. The summed E-state index contributed by atoms with van der Waals surface area (Å²) in [6.45, 7) is 4.53. The zero-order chi connectivity index (χ0) is 43.8. The van der Waals surface area contributed by atoms with Crippen LogP contribution in [0, 0.1) is 24.6 Å². The fraction of sp³-hybridized carbons (Fsp3) is 0.0952. The summed E-state index contributed by atoms with van der Waals surface area (Å²) in [5, 5.41) is 22.7. The molecule has 0 aliphatic heterocycles. The molecule has 0 aliphatic rings. The van der Waals surface area contributed by atoms with Gasteiger partial charge in [0.05, 0.1) is 32.3 Å². The minimum absolute atomic E-state index is 0.0314. The molecule has 0 atom stereocenters. The number of benzene rings is 6. The molecule has 60 heavy (non-hydrogen) atoms. The van der Waals surface area contributed by atoms with Gasteiger partial charge in [0.25, 0.3) is 11.8 Å². The Morgan fingerprint density at radius 2 is 0.867 bits per heavy atom. The van der Waals surface area contributed by atoms with Crippen LogP contribution in [0.15, 0.2) is 136 Å². The predicted molar refractivity (Wildman–Crippen MR) is 266 cm³/mol. The Bertz CT molecular complexity index is 2590. The third-order valence-corrected chi connectivity index (χ3v) is 13.1. The monoisotopic (exact) mass is 1250 g/mol. The van der Waals surface area contributed by atoms with Crippen LogP contribution in [0.5, 0.6) is 0 Å². The van der Waals surface area contributed by atoms with E-state index in [9.17, 15) is 26.4 Å². The molecule has 0 unspecified atom stereocenters. The number of amides is 2. The number of primary sulfonamides is 2. The maximum absolute atomic E-state index is 12.9. The summed E-state index contributed by atoms with van der Waals surface area (Å²) in [6, 6.07) is 35.4. The SMILES string of the molecule is Cc1cc(I)ccc1Nc1ccc(Br)cc1C(=O)NCc1ccc(S(N)(=O)=O)cc1.Cc1cc(I)ccc1Nc1ccc(I)cc1C(=O)NCc1ccc(S(N)(=O)=O)cc1. The fourth-order valence-electron chi connectivity index (χ4n) is 5.60. The minimum Gasteiger partial charge on any atom is -0.355 e. The zero-order valence-electron chi connectivity index (χ0n) is 31.9. The van der Waals surface area contributed by atoms with Crippen LogP contribution in [0.25, 0.3) is 0 Å². The first kappa shape index (κ1) is 47.4. The Hall–Kier alpha value is -3.65. The smallest absolute Gasteiger partial charge is 0.253 e. The molecule has 6 aromatic carbocycles. The second kappa shape index (κ2) is 20.9. The van der Waals surface area contributed by atoms with Crippen molar-refractivity contribution >= 4 is 138 Å². The average Bonchev–Trinajstić information content (AvgIpc) is 3.19. The lowest BCUT2D eigenvalue weighted by molar-refractivity contribution is 0.0943. The molecule has 8 N–H and O–H groups in total. The van der Waals surface area contributed by atoms with Crippen LogP contribution in [0.3, 0.4) is 0 Å². The molecule has 0 aliphatic carbocycles. The van der Waals surface area contributed by atoms with E-state index in [0.717, 1.165) is 48.8 Å². The highest BCUT2D eigenvalue weighted by atomic mass is 127. The first-order valence-corrected chi connectivity index (χ1v) is 24.8. The van der Waals surface area contributed by atoms with E-state index < -0.39 is 20.0 Å². The zero-order valence-corrected chi connectivity index (χ0v) is 41.6. The Kier molecular flexibility index (Phi) is 16.5. The van der Waals surface area contributed by atoms with E-state index in [1.165, 1.54) is 24.3 Å². The molecule has 12 nitrogen and oxygen atoms in total. The van der Waals surface area contributed by atoms with E-state index in [1.807, 2.05) is 68.4 Å². The van der Waals surface area contributed by atoms with Gasteiger partial charge in [-0.25, -0.2) is 27.1 Å². The number of aryl methyl sites for hydroxylation is 2. The molecule has 0 saturated carbocycles. The van der Waals surface area contributed by atoms with E-state index >= 15 is 0 Å². The number of nitrogens with one attached hydrogen (secondary N) is 4. The van der Waals surface area contributed by atoms with Gasteiger partial charge in [0.1, 0.15) is 0 Å². The third kappa shape index (κ3) is 13.7. The topological polar surface area (TPSA) is 203 Å². The normalized spacial score (nSPS) is 11.2. The molecule has 18 heteroatoms. The number of hydrogen-bond acceptors (Lipinski definition) is 8. The molecule has 0 radical (unpaired) electrons. The van der Waals surface area contributed by atoms with E-state index in [0.29, 0.717) is 22.5 Å². The first-order valence-electron chi connectivity index (χ1n) is 17.7. The van der Waals surface area contributed by atoms with Gasteiger partial charge in [-0.3, -0.25) is 9.59 Å². The van der Waals surface area contributed by atoms with E-state index in [2.05, 4.69) is 117 Å². The largest absolute Gasteiger partial charge is 0.355 e. The molecule has 0 aromatic heterocycles. The Morgan fingerprint density at radius 3 is 1.25 bits per heavy atom. The summed E-state index contributed by atoms with van der Waals surface area (Å²) in [7, 11) is -7.48. The molecule has 6 rings (SSSR count). The summed E-state index contributed by atoms with van der Waals surface area (Å²) in [5.74, 6) is -0.479. The minimum atomic E-state index is -3.74. The summed E-state index contributed by atoms with van der Waals surface area (Å²) >= 11 is 10.1. The molecule has 0 spiro atoms. The highest BCUT2D eigenvalue weighted by Gasteiger charge is 2.16. The lowest BCUT2D eigenvalue weighted by Crippen LogP contribution is -2.24. The molecular formula is C42H38BrI3N6O6S2. The van der Waals surface area contributed by atoms with Gasteiger partial charge in [-0.05, 0) is 201 Å². The van der Waals surface area contributed by atoms with Crippen LogP contribution in [-0.2, 0) is 33.1 Å². The van der Waals surface area contributed by atoms with Gasteiger partial charge in [-0.15, -0.1) is 0 Å². The molecule has 0 heterocycles. The van der Waals surface area contributed by atoms with Crippen LogP contribution < -0.4 is 31.5 Å². The van der Waals surface area contributed by atoms with Gasteiger partial charge in [0, 0.05) is 39.6 Å². The Morgan fingerprint density at radius 1 is 0.517 bits per heavy atom. The van der Waals surface area contributed by atoms with Crippen molar-refractivity contribution in [1.82, 2.24) is 10.6 Å². The van der Waals surface area contributed by atoms with Crippen molar-refractivity contribution in [2.75, 3.05) is 10.6 Å². The summed E-state index contributed by atoms with van der Waals surface area (Å²) in [6.07, 6.45) is 0. The van der Waals surface area contributed by atoms with Crippen LogP contribution in [0.2, 0.25) is 0 Å². The number of sulfonamides is 2. The Balaban J connectivity index is 0.000000228. The van der Waals surface area contributed by atoms with E-state index in [4.69, 9.17) is 10.3 Å². The average molecular weight is 1250 g/mol. The third-order valence-electron chi connectivity index (χ3n) is 8.78. The van der Waals surface area contributed by atoms with Gasteiger partial charge in [0.2, 0.25) is 20.0 Å². The van der Waals surface area contributed by atoms with Crippen LogP contribution in [0.4, 0.5) is 22.7 Å². The van der Waals surface area contributed by atoms with Crippen molar-refractivity contribution < 1.29 is 26.4 Å². The van der Waals surface area contributed by atoms with Crippen LogP contribution >= 0.6 is 83.7 Å². The maximum atomic E-state index is 12.9. The number of nitrogens with two attached hydrogens (primary N) is 2. The van der Waals surface area contributed by atoms with Crippen molar-refractivity contribution in [1.29, 1.82) is 0 Å². The number of rotatable bonds is 12. The highest BCUT2D eigenvalue weighted by molar-refractivity contribution is 14.1. The highest BCUT2D eigenvalue weighted by Crippen LogP contribution is 2.29. The van der Waals surface area contributed by atoms with Gasteiger partial charge in [-0.1, -0.05) is 40.2 Å². The second-order valence-electron chi connectivity index (χ2n) is 13.3. The molecule has 312 valence electrons. The number of halogens is 4. The number of carbonyl (C=O) groups excluding carboxylic acids is 2. The summed E-state index contributed by atoms with van der Waals surface area (Å²) in [4.78, 5) is 25.8. The van der Waals surface area contributed by atoms with Gasteiger partial charge in [0.15, 0.2) is 0 Å². The van der Waals surface area contributed by atoms with Crippen molar-refractivity contribution in [2.24, 2.45) is 10.3 Å².